The Bertz CT molecular complexity index is 2280. The number of hydrogen-bond acceptors (Lipinski definition) is 9. The topological polar surface area (TPSA) is 113 Å². The van der Waals surface area contributed by atoms with Crippen molar-refractivity contribution in [1.82, 2.24) is 24.8 Å². The number of anilines is 1. The maximum absolute atomic E-state index is 17.7. The van der Waals surface area contributed by atoms with E-state index in [0.717, 1.165) is 55.1 Å². The molecular formula is C45H55FN6O5Si. The monoisotopic (exact) mass is 806 g/mol. The van der Waals surface area contributed by atoms with Gasteiger partial charge in [0.2, 0.25) is 0 Å². The van der Waals surface area contributed by atoms with Crippen molar-refractivity contribution in [2.75, 3.05) is 51.6 Å². The number of carbonyl (C=O) groups is 1. The van der Waals surface area contributed by atoms with E-state index in [4.69, 9.17) is 29.2 Å². The molecule has 1 N–H and O–H groups in total. The maximum atomic E-state index is 17.7. The summed E-state index contributed by atoms with van der Waals surface area (Å²) in [5, 5.41) is 12.0. The van der Waals surface area contributed by atoms with Crippen LogP contribution in [0.3, 0.4) is 0 Å². The van der Waals surface area contributed by atoms with Crippen molar-refractivity contribution in [1.29, 1.82) is 0 Å². The molecule has 2 aromatic heterocycles. The van der Waals surface area contributed by atoms with Crippen molar-refractivity contribution in [2.24, 2.45) is 0 Å². The number of nitrogens with zero attached hydrogens (tertiary/aromatic N) is 6. The predicted octanol–water partition coefficient (Wildman–Crippen LogP) is 8.65. The molecule has 58 heavy (non-hydrogen) atoms. The average molecular weight is 807 g/mol. The van der Waals surface area contributed by atoms with Crippen LogP contribution in [0.4, 0.5) is 15.0 Å². The van der Waals surface area contributed by atoms with Gasteiger partial charge >= 0.3 is 12.1 Å². The van der Waals surface area contributed by atoms with Gasteiger partial charge in [-0.25, -0.2) is 9.18 Å². The smallest absolute Gasteiger partial charge is 0.408 e. The Morgan fingerprint density at radius 3 is 2.33 bits per heavy atom. The number of carboxylic acid groups (broad SMARTS) is 1. The molecule has 3 fully saturated rings. The number of ether oxygens (including phenoxy) is 3. The molecule has 0 saturated carbocycles. The zero-order chi connectivity index (χ0) is 40.9. The van der Waals surface area contributed by atoms with E-state index in [1.165, 1.54) is 4.90 Å². The Labute approximate surface area is 341 Å². The van der Waals surface area contributed by atoms with Crippen molar-refractivity contribution in [2.45, 2.75) is 101 Å². The molecule has 4 aliphatic rings. The third-order valence-electron chi connectivity index (χ3n) is 13.4. The van der Waals surface area contributed by atoms with Gasteiger partial charge in [-0.05, 0) is 79.0 Å². The van der Waals surface area contributed by atoms with Crippen LogP contribution in [0.15, 0.2) is 48.7 Å². The normalized spacial score (nSPS) is 20.1. The van der Waals surface area contributed by atoms with Crippen molar-refractivity contribution in [3.05, 3.63) is 60.1 Å². The summed E-state index contributed by atoms with van der Waals surface area (Å²) in [6.07, 6.45) is 8.82. The fourth-order valence-electron chi connectivity index (χ4n) is 10.7. The van der Waals surface area contributed by atoms with E-state index in [9.17, 15) is 9.90 Å². The van der Waals surface area contributed by atoms with Crippen molar-refractivity contribution in [3.63, 3.8) is 0 Å². The van der Waals surface area contributed by atoms with E-state index in [0.29, 0.717) is 58.8 Å². The molecule has 0 unspecified atom stereocenters. The molecular weight excluding hydrogens is 752 g/mol. The number of amides is 1. The van der Waals surface area contributed by atoms with Crippen LogP contribution in [0.5, 0.6) is 11.8 Å². The Kier molecular flexibility index (Phi) is 10.9. The van der Waals surface area contributed by atoms with Gasteiger partial charge < -0.3 is 24.2 Å². The molecule has 4 aliphatic heterocycles. The van der Waals surface area contributed by atoms with Crippen molar-refractivity contribution >= 4 is 41.7 Å². The van der Waals surface area contributed by atoms with Crippen LogP contribution in [0, 0.1) is 17.3 Å². The van der Waals surface area contributed by atoms with E-state index in [2.05, 4.69) is 57.9 Å². The highest BCUT2D eigenvalue weighted by Crippen LogP contribution is 2.43. The number of rotatable bonds is 11. The first-order valence-corrected chi connectivity index (χ1v) is 23.0. The van der Waals surface area contributed by atoms with E-state index in [1.807, 2.05) is 47.4 Å². The molecule has 6 heterocycles. The lowest BCUT2D eigenvalue weighted by Gasteiger charge is -2.40. The van der Waals surface area contributed by atoms with Gasteiger partial charge in [-0.3, -0.25) is 14.8 Å². The van der Waals surface area contributed by atoms with E-state index in [-0.39, 0.29) is 41.6 Å². The van der Waals surface area contributed by atoms with Crippen molar-refractivity contribution < 1.29 is 28.5 Å². The molecule has 0 aliphatic carbocycles. The van der Waals surface area contributed by atoms with Crippen LogP contribution in [0.1, 0.15) is 72.8 Å². The fourth-order valence-corrected chi connectivity index (χ4v) is 15.9. The molecule has 306 valence electrons. The van der Waals surface area contributed by atoms with Gasteiger partial charge in [0.25, 0.3) is 0 Å². The second-order valence-electron chi connectivity index (χ2n) is 17.4. The molecule has 1 amide bonds. The second-order valence-corrected chi connectivity index (χ2v) is 23.0. The van der Waals surface area contributed by atoms with Gasteiger partial charge in [0.05, 0.1) is 23.0 Å². The summed E-state index contributed by atoms with van der Waals surface area (Å²) >= 11 is 0. The minimum Gasteiger partial charge on any atom is -0.468 e. The number of piperazine rings is 1. The van der Waals surface area contributed by atoms with Gasteiger partial charge in [0, 0.05) is 42.9 Å². The average Bonchev–Trinajstić information content (AvgIpc) is 3.86. The lowest BCUT2D eigenvalue weighted by atomic mass is 9.95. The number of benzene rings is 2. The van der Waals surface area contributed by atoms with Crippen LogP contribution in [0.25, 0.3) is 32.9 Å². The zero-order valence-corrected chi connectivity index (χ0v) is 35.7. The quantitative estimate of drug-likeness (QED) is 0.0684. The van der Waals surface area contributed by atoms with Crippen LogP contribution in [-0.4, -0.2) is 108 Å². The van der Waals surface area contributed by atoms with E-state index >= 15 is 4.39 Å². The van der Waals surface area contributed by atoms with Gasteiger partial charge in [-0.15, -0.1) is 5.54 Å². The lowest BCUT2D eigenvalue weighted by molar-refractivity contribution is 0.0512. The second kappa shape index (κ2) is 15.8. The Morgan fingerprint density at radius 1 is 1.00 bits per heavy atom. The zero-order valence-electron chi connectivity index (χ0n) is 34.7. The molecule has 3 saturated heterocycles. The van der Waals surface area contributed by atoms with E-state index in [1.54, 1.807) is 13.3 Å². The molecule has 8 rings (SSSR count). The Balaban J connectivity index is 1.29. The highest BCUT2D eigenvalue weighted by molar-refractivity contribution is 6.90. The lowest BCUT2D eigenvalue weighted by Crippen LogP contribution is -2.56. The first-order chi connectivity index (χ1) is 27.9. The molecule has 11 nitrogen and oxygen atoms in total. The van der Waals surface area contributed by atoms with Crippen LogP contribution < -0.4 is 14.4 Å². The highest BCUT2D eigenvalue weighted by Gasteiger charge is 2.46. The first-order valence-electron chi connectivity index (χ1n) is 20.8. The van der Waals surface area contributed by atoms with Gasteiger partial charge in [-0.1, -0.05) is 71.7 Å². The molecule has 0 radical (unpaired) electrons. The molecule has 2 aromatic carbocycles. The molecule has 2 atom stereocenters. The fraction of sp³-hybridized carbons (Fsp3) is 0.511. The summed E-state index contributed by atoms with van der Waals surface area (Å²) in [7, 11) is -0.552. The minimum absolute atomic E-state index is 0.0194. The first kappa shape index (κ1) is 40.0. The van der Waals surface area contributed by atoms with E-state index < -0.39 is 20.0 Å². The summed E-state index contributed by atoms with van der Waals surface area (Å²) in [5.74, 6) is 4.01. The summed E-state index contributed by atoms with van der Waals surface area (Å²) in [5.41, 5.74) is 6.65. The SMILES string of the molecule is COCOc1cc(-c2ncc3c(N4C[C@H]5C=C[C@@H](C4)N5C(=O)O)nc(OCC45CCCN4CCC5)nc3c2F)c2c(C#C[Si](C(C)C)(C(C)C)C(C)C)cccc2c1. The van der Waals surface area contributed by atoms with Crippen molar-refractivity contribution in [3.8, 4) is 34.5 Å². The maximum Gasteiger partial charge on any atom is 0.408 e. The third-order valence-corrected chi connectivity index (χ3v) is 19.6. The Morgan fingerprint density at radius 2 is 1.69 bits per heavy atom. The Hall–Kier alpha value is -4.77. The standard InChI is InChI=1S/C45H55FN6O5Si/c1-28(2)58(29(3)4,30(5)6)20-15-31-11-8-12-32-21-35(57-27-55-7)22-36(38(31)32)40-39(46)41-37(23-47-40)42(50-24-33-13-14-34(25-50)52(33)44(53)54)49-43(48-41)56-26-45-16-9-18-51(45)19-10-17-45/h8,11-14,21-23,28-30,33-34H,9-10,16-19,24-27H2,1-7H3,(H,53,54)/t33-,34+. The van der Waals surface area contributed by atoms with Gasteiger partial charge in [-0.2, -0.15) is 9.97 Å². The largest absolute Gasteiger partial charge is 0.468 e. The highest BCUT2D eigenvalue weighted by atomic mass is 28.3. The summed E-state index contributed by atoms with van der Waals surface area (Å²) in [4.78, 5) is 32.7. The van der Waals surface area contributed by atoms with Gasteiger partial charge in [0.15, 0.2) is 12.6 Å². The number of halogens is 1. The number of aromatic nitrogens is 3. The predicted molar refractivity (Wildman–Crippen MR) is 228 cm³/mol. The summed E-state index contributed by atoms with van der Waals surface area (Å²) in [6.45, 7) is 17.0. The van der Waals surface area contributed by atoms with Gasteiger partial charge in [0.1, 0.15) is 37.5 Å². The minimum atomic E-state index is -2.11. The summed E-state index contributed by atoms with van der Waals surface area (Å²) < 4.78 is 35.4. The third kappa shape index (κ3) is 6.86. The number of methoxy groups -OCH3 is 1. The number of fused-ring (bicyclic) bond motifs is 5. The molecule has 4 aromatic rings. The van der Waals surface area contributed by atoms with Crippen LogP contribution >= 0.6 is 0 Å². The molecule has 0 spiro atoms. The number of hydrogen-bond donors (Lipinski definition) is 1. The van der Waals surface area contributed by atoms with Crippen LogP contribution in [-0.2, 0) is 4.74 Å². The van der Waals surface area contributed by atoms with Crippen LogP contribution in [0.2, 0.25) is 16.6 Å². The number of pyridine rings is 1. The summed E-state index contributed by atoms with van der Waals surface area (Å²) in [6, 6.07) is 9.08. The molecule has 2 bridgehead atoms. The molecule has 13 heteroatoms.